The van der Waals surface area contributed by atoms with E-state index in [0.29, 0.717) is 13.0 Å². The standard InChI is InChI=1S/C18H21N3O3/c1-11(23)17(9-19)24-7-5-15-18-14(4-6-20-15)13-3-2-12(10-22)8-16(13)21-18/h2-4,6,8,17,21-22H,5,7,9-10,19H2,1H3. The fourth-order valence-corrected chi connectivity index (χ4v) is 2.87. The van der Waals surface area contributed by atoms with Gasteiger partial charge in [-0.25, -0.2) is 0 Å². The third-order valence-corrected chi connectivity index (χ3v) is 4.17. The van der Waals surface area contributed by atoms with Crippen molar-refractivity contribution in [3.8, 4) is 0 Å². The summed E-state index contributed by atoms with van der Waals surface area (Å²) in [5.41, 5.74) is 9.20. The van der Waals surface area contributed by atoms with Gasteiger partial charge in [0.25, 0.3) is 0 Å². The fraction of sp³-hybridized carbons (Fsp3) is 0.333. The Morgan fingerprint density at radius 3 is 2.92 bits per heavy atom. The summed E-state index contributed by atoms with van der Waals surface area (Å²) in [6.45, 7) is 2.05. The summed E-state index contributed by atoms with van der Waals surface area (Å²) in [6, 6.07) is 7.82. The zero-order valence-corrected chi connectivity index (χ0v) is 13.6. The highest BCUT2D eigenvalue weighted by Gasteiger charge is 2.14. The molecular formula is C18H21N3O3. The van der Waals surface area contributed by atoms with Crippen LogP contribution >= 0.6 is 0 Å². The number of pyridine rings is 1. The number of hydrogen-bond acceptors (Lipinski definition) is 5. The monoisotopic (exact) mass is 327 g/mol. The van der Waals surface area contributed by atoms with Crippen molar-refractivity contribution < 1.29 is 14.6 Å². The molecule has 3 rings (SSSR count). The number of carbonyl (C=O) groups excluding carboxylic acids is 1. The van der Waals surface area contributed by atoms with Crippen molar-refractivity contribution >= 4 is 27.6 Å². The Morgan fingerprint density at radius 1 is 1.38 bits per heavy atom. The van der Waals surface area contributed by atoms with Crippen LogP contribution in [0.4, 0.5) is 0 Å². The Morgan fingerprint density at radius 2 is 2.21 bits per heavy atom. The second kappa shape index (κ2) is 7.09. The molecule has 126 valence electrons. The fourth-order valence-electron chi connectivity index (χ4n) is 2.87. The average molecular weight is 327 g/mol. The number of H-pyrrole nitrogens is 1. The van der Waals surface area contributed by atoms with Crippen LogP contribution in [0.5, 0.6) is 0 Å². The molecule has 0 aliphatic carbocycles. The average Bonchev–Trinajstić information content (AvgIpc) is 2.96. The van der Waals surface area contributed by atoms with Crippen LogP contribution in [0.25, 0.3) is 21.8 Å². The second-order valence-electron chi connectivity index (χ2n) is 5.80. The Kier molecular flexibility index (Phi) is 4.89. The van der Waals surface area contributed by atoms with Crippen LogP contribution < -0.4 is 5.73 Å². The van der Waals surface area contributed by atoms with E-state index in [2.05, 4.69) is 9.97 Å². The highest BCUT2D eigenvalue weighted by molar-refractivity contribution is 6.07. The summed E-state index contributed by atoms with van der Waals surface area (Å²) in [5, 5.41) is 11.5. The molecule has 0 amide bonds. The zero-order valence-electron chi connectivity index (χ0n) is 13.6. The van der Waals surface area contributed by atoms with Crippen LogP contribution in [-0.4, -0.2) is 40.1 Å². The number of aromatic nitrogens is 2. The van der Waals surface area contributed by atoms with Gasteiger partial charge in [-0.15, -0.1) is 0 Å². The van der Waals surface area contributed by atoms with Gasteiger partial charge in [-0.05, 0) is 24.6 Å². The number of Topliss-reactive ketones (excluding diaryl/α,β-unsaturated/α-hetero) is 1. The molecule has 24 heavy (non-hydrogen) atoms. The number of benzene rings is 1. The largest absolute Gasteiger partial charge is 0.392 e. The first-order chi connectivity index (χ1) is 11.6. The second-order valence-corrected chi connectivity index (χ2v) is 5.80. The van der Waals surface area contributed by atoms with Crippen molar-refractivity contribution in [2.45, 2.75) is 26.1 Å². The zero-order chi connectivity index (χ0) is 17.1. The SMILES string of the molecule is CC(=O)C(CN)OCCc1nccc2c1[nH]c1cc(CO)ccc12. The number of rotatable bonds is 7. The minimum atomic E-state index is -0.556. The number of carbonyl (C=O) groups is 1. The topological polar surface area (TPSA) is 101 Å². The van der Waals surface area contributed by atoms with Gasteiger partial charge in [0.05, 0.1) is 24.4 Å². The molecule has 0 spiro atoms. The molecule has 0 bridgehead atoms. The van der Waals surface area contributed by atoms with Gasteiger partial charge in [0, 0.05) is 35.5 Å². The van der Waals surface area contributed by atoms with Crippen molar-refractivity contribution in [1.82, 2.24) is 9.97 Å². The molecule has 0 aliphatic rings. The number of fused-ring (bicyclic) bond motifs is 3. The Labute approximate surface area is 139 Å². The molecule has 2 aromatic heterocycles. The molecule has 4 N–H and O–H groups in total. The maximum Gasteiger partial charge on any atom is 0.159 e. The number of aliphatic hydroxyl groups excluding tert-OH is 1. The van der Waals surface area contributed by atoms with E-state index < -0.39 is 6.10 Å². The number of nitrogens with zero attached hydrogens (tertiary/aromatic N) is 1. The molecule has 6 heteroatoms. The van der Waals surface area contributed by atoms with Gasteiger partial charge >= 0.3 is 0 Å². The lowest BCUT2D eigenvalue weighted by Gasteiger charge is -2.12. The Bertz CT molecular complexity index is 872. The lowest BCUT2D eigenvalue weighted by atomic mass is 10.1. The van der Waals surface area contributed by atoms with Gasteiger partial charge in [0.15, 0.2) is 5.78 Å². The van der Waals surface area contributed by atoms with Crippen LogP contribution in [0.3, 0.4) is 0 Å². The number of hydrogen-bond donors (Lipinski definition) is 3. The molecule has 1 atom stereocenters. The molecule has 2 heterocycles. The number of nitrogens with one attached hydrogen (secondary N) is 1. The summed E-state index contributed by atoms with van der Waals surface area (Å²) in [4.78, 5) is 19.2. The minimum Gasteiger partial charge on any atom is -0.392 e. The molecule has 0 saturated carbocycles. The van der Waals surface area contributed by atoms with E-state index >= 15 is 0 Å². The first-order valence-electron chi connectivity index (χ1n) is 7.95. The predicted octanol–water partition coefficient (Wildman–Crippen LogP) is 1.68. The van der Waals surface area contributed by atoms with Gasteiger partial charge in [-0.1, -0.05) is 12.1 Å². The quantitative estimate of drug-likeness (QED) is 0.613. The van der Waals surface area contributed by atoms with Crippen molar-refractivity contribution in [1.29, 1.82) is 0 Å². The first kappa shape index (κ1) is 16.6. The van der Waals surface area contributed by atoms with Gasteiger partial charge in [0.1, 0.15) is 6.10 Å². The van der Waals surface area contributed by atoms with Gasteiger partial charge < -0.3 is 20.6 Å². The molecular weight excluding hydrogens is 306 g/mol. The highest BCUT2D eigenvalue weighted by atomic mass is 16.5. The van der Waals surface area contributed by atoms with E-state index in [1.807, 2.05) is 24.3 Å². The third kappa shape index (κ3) is 3.17. The van der Waals surface area contributed by atoms with E-state index in [1.54, 1.807) is 6.20 Å². The first-order valence-corrected chi connectivity index (χ1v) is 7.95. The summed E-state index contributed by atoms with van der Waals surface area (Å²) >= 11 is 0. The predicted molar refractivity (Wildman–Crippen MR) is 92.7 cm³/mol. The van der Waals surface area contributed by atoms with E-state index in [9.17, 15) is 9.90 Å². The lowest BCUT2D eigenvalue weighted by Crippen LogP contribution is -2.31. The van der Waals surface area contributed by atoms with Crippen molar-refractivity contribution in [2.24, 2.45) is 5.73 Å². The number of aliphatic hydroxyl groups is 1. The van der Waals surface area contributed by atoms with E-state index in [0.717, 1.165) is 33.1 Å². The smallest absolute Gasteiger partial charge is 0.159 e. The molecule has 6 nitrogen and oxygen atoms in total. The number of ketones is 1. The Hall–Kier alpha value is -2.28. The summed E-state index contributed by atoms with van der Waals surface area (Å²) in [5.74, 6) is -0.0641. The van der Waals surface area contributed by atoms with Crippen molar-refractivity contribution in [3.05, 3.63) is 41.7 Å². The maximum absolute atomic E-state index is 11.4. The van der Waals surface area contributed by atoms with Gasteiger partial charge in [-0.3, -0.25) is 9.78 Å². The molecule has 3 aromatic rings. The van der Waals surface area contributed by atoms with Crippen LogP contribution in [-0.2, 0) is 22.6 Å². The number of ether oxygens (including phenoxy) is 1. The molecule has 1 unspecified atom stereocenters. The van der Waals surface area contributed by atoms with Crippen LogP contribution in [0.2, 0.25) is 0 Å². The van der Waals surface area contributed by atoms with Crippen molar-refractivity contribution in [3.63, 3.8) is 0 Å². The maximum atomic E-state index is 11.4. The van der Waals surface area contributed by atoms with Crippen LogP contribution in [0, 0.1) is 0 Å². The third-order valence-electron chi connectivity index (χ3n) is 4.17. The number of nitrogens with two attached hydrogens (primary N) is 1. The molecule has 0 radical (unpaired) electrons. The summed E-state index contributed by atoms with van der Waals surface area (Å²) in [7, 11) is 0. The van der Waals surface area contributed by atoms with Crippen LogP contribution in [0.1, 0.15) is 18.2 Å². The van der Waals surface area contributed by atoms with Gasteiger partial charge in [-0.2, -0.15) is 0 Å². The van der Waals surface area contributed by atoms with E-state index in [-0.39, 0.29) is 18.9 Å². The minimum absolute atomic E-state index is 0.00970. The van der Waals surface area contributed by atoms with Crippen LogP contribution in [0.15, 0.2) is 30.5 Å². The normalized spacial score (nSPS) is 12.8. The molecule has 0 fully saturated rings. The summed E-state index contributed by atoms with van der Waals surface area (Å²) < 4.78 is 5.55. The van der Waals surface area contributed by atoms with E-state index in [4.69, 9.17) is 10.5 Å². The Balaban J connectivity index is 1.87. The highest BCUT2D eigenvalue weighted by Crippen LogP contribution is 2.27. The lowest BCUT2D eigenvalue weighted by molar-refractivity contribution is -0.127. The van der Waals surface area contributed by atoms with E-state index in [1.165, 1.54) is 6.92 Å². The van der Waals surface area contributed by atoms with Gasteiger partial charge in [0.2, 0.25) is 0 Å². The molecule has 0 aliphatic heterocycles. The molecule has 0 saturated heterocycles. The van der Waals surface area contributed by atoms with Crippen molar-refractivity contribution in [2.75, 3.05) is 13.2 Å². The summed E-state index contributed by atoms with van der Waals surface area (Å²) in [6.07, 6.45) is 1.80. The molecule has 1 aromatic carbocycles. The number of aromatic amines is 1.